The number of benzene rings is 1. The lowest BCUT2D eigenvalue weighted by Gasteiger charge is -2.07. The Morgan fingerprint density at radius 2 is 2.00 bits per heavy atom. The van der Waals surface area contributed by atoms with Crippen LogP contribution in [0.3, 0.4) is 0 Å². The van der Waals surface area contributed by atoms with Crippen molar-refractivity contribution in [3.8, 4) is 28.3 Å². The van der Waals surface area contributed by atoms with Crippen LogP contribution in [0.25, 0.3) is 50.4 Å². The second-order valence-corrected chi connectivity index (χ2v) is 9.16. The minimum Gasteiger partial charge on any atom is -0.384 e. The standard InChI is InChI=1S/C26H23N9/c1-15-13-35(14-30-15)22-4-2-3-21-24(22)32-26(31-21)23-20-8-18(11-29-25(20)34-33-23)17-7-19(12-27-10-17)28-9-16-5-6-16/h2-4,7-8,10-14,16,28H,5-6,9H2,1H3,(H,31,32)(H,29,33,34). The van der Waals surface area contributed by atoms with Crippen molar-refractivity contribution in [1.82, 2.24) is 39.7 Å². The summed E-state index contributed by atoms with van der Waals surface area (Å²) in [6.45, 7) is 2.98. The van der Waals surface area contributed by atoms with Crippen molar-refractivity contribution in [2.75, 3.05) is 11.9 Å². The van der Waals surface area contributed by atoms with Crippen LogP contribution in [-0.2, 0) is 0 Å². The number of hydrogen-bond donors (Lipinski definition) is 3. The zero-order valence-electron chi connectivity index (χ0n) is 19.2. The summed E-state index contributed by atoms with van der Waals surface area (Å²) in [6.07, 6.45) is 12.0. The summed E-state index contributed by atoms with van der Waals surface area (Å²) in [5, 5.41) is 11.9. The van der Waals surface area contributed by atoms with E-state index in [1.54, 1.807) is 0 Å². The summed E-state index contributed by atoms with van der Waals surface area (Å²) in [4.78, 5) is 21.8. The second-order valence-electron chi connectivity index (χ2n) is 9.16. The van der Waals surface area contributed by atoms with E-state index in [1.807, 2.05) is 60.8 Å². The van der Waals surface area contributed by atoms with E-state index in [-0.39, 0.29) is 0 Å². The van der Waals surface area contributed by atoms with E-state index >= 15 is 0 Å². The van der Waals surface area contributed by atoms with Crippen molar-refractivity contribution in [3.63, 3.8) is 0 Å². The van der Waals surface area contributed by atoms with E-state index in [1.165, 1.54) is 12.8 Å². The SMILES string of the molecule is Cc1cn(-c2cccc3[nH]c(-c4[nH]nc5ncc(-c6cncc(NCC7CC7)c6)cc45)nc23)cn1. The second kappa shape index (κ2) is 7.76. The Bertz CT molecular complexity index is 1690. The molecule has 0 amide bonds. The summed E-state index contributed by atoms with van der Waals surface area (Å²) in [5.41, 5.74) is 8.19. The Labute approximate surface area is 200 Å². The first kappa shape index (κ1) is 19.9. The maximum atomic E-state index is 4.93. The lowest BCUT2D eigenvalue weighted by atomic mass is 10.1. The molecule has 0 saturated heterocycles. The van der Waals surface area contributed by atoms with Gasteiger partial charge in [-0.1, -0.05) is 6.07 Å². The summed E-state index contributed by atoms with van der Waals surface area (Å²) < 4.78 is 1.99. The third kappa shape index (κ3) is 3.61. The molecule has 0 atom stereocenters. The number of fused-ring (bicyclic) bond motifs is 2. The van der Waals surface area contributed by atoms with Gasteiger partial charge in [0.1, 0.15) is 11.2 Å². The quantitative estimate of drug-likeness (QED) is 0.326. The van der Waals surface area contributed by atoms with Crippen LogP contribution in [0.2, 0.25) is 0 Å². The molecule has 1 fully saturated rings. The van der Waals surface area contributed by atoms with Crippen LogP contribution >= 0.6 is 0 Å². The van der Waals surface area contributed by atoms with E-state index in [0.29, 0.717) is 11.5 Å². The van der Waals surface area contributed by atoms with Gasteiger partial charge < -0.3 is 14.9 Å². The zero-order chi connectivity index (χ0) is 23.4. The highest BCUT2D eigenvalue weighted by Gasteiger charge is 2.21. The number of aryl methyl sites for hydroxylation is 1. The monoisotopic (exact) mass is 461 g/mol. The number of pyridine rings is 2. The highest BCUT2D eigenvalue weighted by atomic mass is 15.2. The van der Waals surface area contributed by atoms with Gasteiger partial charge >= 0.3 is 0 Å². The average Bonchev–Trinajstić information content (AvgIpc) is 3.25. The number of H-pyrrole nitrogens is 2. The molecule has 1 aromatic carbocycles. The molecule has 9 heteroatoms. The Kier molecular flexibility index (Phi) is 4.41. The van der Waals surface area contributed by atoms with Gasteiger partial charge in [-0.15, -0.1) is 0 Å². The molecular formula is C26H23N9. The molecule has 0 unspecified atom stereocenters. The van der Waals surface area contributed by atoms with Gasteiger partial charge in [0.2, 0.25) is 0 Å². The Balaban J connectivity index is 1.28. The molecule has 9 nitrogen and oxygen atoms in total. The number of imidazole rings is 2. The van der Waals surface area contributed by atoms with Crippen molar-refractivity contribution in [2.45, 2.75) is 19.8 Å². The average molecular weight is 462 g/mol. The molecule has 1 saturated carbocycles. The molecule has 0 spiro atoms. The van der Waals surface area contributed by atoms with Gasteiger partial charge in [-0.25, -0.2) is 15.0 Å². The number of aromatic amines is 2. The molecule has 35 heavy (non-hydrogen) atoms. The number of rotatable bonds is 6. The van der Waals surface area contributed by atoms with Gasteiger partial charge in [-0.05, 0) is 49.9 Å². The minimum absolute atomic E-state index is 0.644. The van der Waals surface area contributed by atoms with Crippen molar-refractivity contribution in [2.24, 2.45) is 5.92 Å². The van der Waals surface area contributed by atoms with Crippen LogP contribution in [0, 0.1) is 12.8 Å². The lowest BCUT2D eigenvalue weighted by Crippen LogP contribution is -2.03. The Morgan fingerprint density at radius 3 is 2.86 bits per heavy atom. The third-order valence-electron chi connectivity index (χ3n) is 6.49. The molecule has 0 aliphatic heterocycles. The summed E-state index contributed by atoms with van der Waals surface area (Å²) in [6, 6.07) is 10.3. The van der Waals surface area contributed by atoms with E-state index < -0.39 is 0 Å². The predicted octanol–water partition coefficient (Wildman–Crippen LogP) is 4.88. The fourth-order valence-corrected chi connectivity index (χ4v) is 4.41. The minimum atomic E-state index is 0.644. The molecule has 7 rings (SSSR count). The van der Waals surface area contributed by atoms with Gasteiger partial charge in [0.05, 0.1) is 34.3 Å². The fourth-order valence-electron chi connectivity index (χ4n) is 4.41. The van der Waals surface area contributed by atoms with Crippen LogP contribution < -0.4 is 5.32 Å². The van der Waals surface area contributed by atoms with Gasteiger partial charge in [0.25, 0.3) is 0 Å². The number of nitrogens with one attached hydrogen (secondary N) is 3. The van der Waals surface area contributed by atoms with Crippen molar-refractivity contribution < 1.29 is 0 Å². The number of nitrogens with zero attached hydrogens (tertiary/aromatic N) is 6. The van der Waals surface area contributed by atoms with Crippen LogP contribution in [0.15, 0.2) is 61.4 Å². The van der Waals surface area contributed by atoms with E-state index in [0.717, 1.165) is 62.8 Å². The zero-order valence-corrected chi connectivity index (χ0v) is 19.2. The van der Waals surface area contributed by atoms with Crippen LogP contribution in [0.5, 0.6) is 0 Å². The predicted molar refractivity (Wildman–Crippen MR) is 135 cm³/mol. The summed E-state index contributed by atoms with van der Waals surface area (Å²) >= 11 is 0. The van der Waals surface area contributed by atoms with Crippen LogP contribution in [0.1, 0.15) is 18.5 Å². The maximum Gasteiger partial charge on any atom is 0.181 e. The summed E-state index contributed by atoms with van der Waals surface area (Å²) in [5.74, 6) is 1.51. The molecule has 0 radical (unpaired) electrons. The van der Waals surface area contributed by atoms with Crippen LogP contribution in [0.4, 0.5) is 5.69 Å². The molecule has 5 heterocycles. The van der Waals surface area contributed by atoms with E-state index in [4.69, 9.17) is 4.98 Å². The lowest BCUT2D eigenvalue weighted by molar-refractivity contribution is 0.888. The van der Waals surface area contributed by atoms with Gasteiger partial charge in [-0.2, -0.15) is 5.10 Å². The number of para-hydroxylation sites is 1. The maximum absolute atomic E-state index is 4.93. The number of hydrogen-bond acceptors (Lipinski definition) is 6. The third-order valence-corrected chi connectivity index (χ3v) is 6.49. The van der Waals surface area contributed by atoms with Gasteiger partial charge in [0.15, 0.2) is 11.5 Å². The summed E-state index contributed by atoms with van der Waals surface area (Å²) in [7, 11) is 0. The molecule has 1 aliphatic rings. The first-order chi connectivity index (χ1) is 17.2. The van der Waals surface area contributed by atoms with Crippen molar-refractivity contribution in [1.29, 1.82) is 0 Å². The molecule has 1 aliphatic carbocycles. The van der Waals surface area contributed by atoms with Gasteiger partial charge in [-0.3, -0.25) is 10.1 Å². The number of anilines is 1. The molecule has 5 aromatic heterocycles. The molecule has 172 valence electrons. The van der Waals surface area contributed by atoms with E-state index in [2.05, 4.69) is 47.6 Å². The van der Waals surface area contributed by atoms with Crippen LogP contribution in [-0.4, -0.2) is 46.2 Å². The van der Waals surface area contributed by atoms with E-state index in [9.17, 15) is 0 Å². The Hall–Kier alpha value is -4.53. The highest BCUT2D eigenvalue weighted by Crippen LogP contribution is 2.32. The number of aromatic nitrogens is 8. The Morgan fingerprint density at radius 1 is 1.09 bits per heavy atom. The van der Waals surface area contributed by atoms with Crippen molar-refractivity contribution in [3.05, 3.63) is 67.1 Å². The first-order valence-corrected chi connectivity index (χ1v) is 11.7. The molecule has 0 bridgehead atoms. The highest BCUT2D eigenvalue weighted by molar-refractivity contribution is 5.94. The van der Waals surface area contributed by atoms with Gasteiger partial charge in [0, 0.05) is 42.5 Å². The molecule has 6 aromatic rings. The fraction of sp³-hybridized carbons (Fsp3) is 0.192. The molecular weight excluding hydrogens is 438 g/mol. The smallest absolute Gasteiger partial charge is 0.181 e. The molecule has 3 N–H and O–H groups in total. The normalized spacial score (nSPS) is 13.6. The van der Waals surface area contributed by atoms with Crippen molar-refractivity contribution >= 4 is 27.8 Å². The topological polar surface area (TPSA) is 113 Å². The first-order valence-electron chi connectivity index (χ1n) is 11.7. The largest absolute Gasteiger partial charge is 0.384 e.